The first-order chi connectivity index (χ1) is 15.6. The number of rotatable bonds is 9. The van der Waals surface area contributed by atoms with Gasteiger partial charge in [0.2, 0.25) is 5.91 Å². The largest absolute Gasteiger partial charge is 0.497 e. The summed E-state index contributed by atoms with van der Waals surface area (Å²) in [5.74, 6) is 1.37. The van der Waals surface area contributed by atoms with E-state index < -0.39 is 0 Å². The van der Waals surface area contributed by atoms with Gasteiger partial charge in [-0.3, -0.25) is 9.59 Å². The van der Waals surface area contributed by atoms with E-state index in [1.165, 1.54) is 0 Å². The van der Waals surface area contributed by atoms with Crippen LogP contribution >= 0.6 is 24.0 Å². The molecule has 0 aliphatic carbocycles. The molecule has 178 valence electrons. The quantitative estimate of drug-likeness (QED) is 0.188. The van der Waals surface area contributed by atoms with Crippen LogP contribution in [0.25, 0.3) is 0 Å². The zero-order valence-electron chi connectivity index (χ0n) is 19.1. The van der Waals surface area contributed by atoms with E-state index in [2.05, 4.69) is 20.9 Å². The third-order valence-electron chi connectivity index (χ3n) is 5.12. The minimum absolute atomic E-state index is 0. The average molecular weight is 565 g/mol. The second kappa shape index (κ2) is 13.7. The number of aliphatic imine (C=N–C) groups is 1. The van der Waals surface area contributed by atoms with Gasteiger partial charge in [0, 0.05) is 43.9 Å². The molecule has 0 bridgehead atoms. The second-order valence-electron chi connectivity index (χ2n) is 7.43. The number of ether oxygens (including phenoxy) is 1. The highest BCUT2D eigenvalue weighted by Crippen LogP contribution is 2.21. The summed E-state index contributed by atoms with van der Waals surface area (Å²) in [5, 5.41) is 9.32. The lowest BCUT2D eigenvalue weighted by atomic mass is 10.2. The van der Waals surface area contributed by atoms with Gasteiger partial charge in [0.25, 0.3) is 5.91 Å². The van der Waals surface area contributed by atoms with Gasteiger partial charge in [-0.15, -0.1) is 24.0 Å². The van der Waals surface area contributed by atoms with Crippen molar-refractivity contribution in [2.45, 2.75) is 26.3 Å². The van der Waals surface area contributed by atoms with Gasteiger partial charge >= 0.3 is 0 Å². The number of nitrogens with zero attached hydrogens (tertiary/aromatic N) is 2. The van der Waals surface area contributed by atoms with Crippen molar-refractivity contribution in [3.05, 3.63) is 59.7 Å². The van der Waals surface area contributed by atoms with Gasteiger partial charge in [0.1, 0.15) is 5.75 Å². The molecule has 2 amide bonds. The van der Waals surface area contributed by atoms with E-state index in [1.54, 1.807) is 31.4 Å². The van der Waals surface area contributed by atoms with E-state index >= 15 is 0 Å². The van der Waals surface area contributed by atoms with Crippen LogP contribution in [0.15, 0.2) is 53.5 Å². The fourth-order valence-corrected chi connectivity index (χ4v) is 3.44. The molecule has 1 fully saturated rings. The Morgan fingerprint density at radius 1 is 1.09 bits per heavy atom. The van der Waals surface area contributed by atoms with Crippen molar-refractivity contribution < 1.29 is 14.3 Å². The van der Waals surface area contributed by atoms with Crippen molar-refractivity contribution in [3.8, 4) is 5.75 Å². The smallest absolute Gasteiger partial charge is 0.251 e. The molecule has 1 heterocycles. The molecule has 0 spiro atoms. The molecular weight excluding hydrogens is 533 g/mol. The van der Waals surface area contributed by atoms with Crippen LogP contribution < -0.4 is 25.6 Å². The molecule has 33 heavy (non-hydrogen) atoms. The molecule has 0 saturated carbocycles. The summed E-state index contributed by atoms with van der Waals surface area (Å²) in [6.07, 6.45) is 1.55. The Balaban J connectivity index is 0.00000385. The normalized spacial score (nSPS) is 13.3. The van der Waals surface area contributed by atoms with Crippen LogP contribution in [0.1, 0.15) is 35.7 Å². The molecule has 1 aliphatic rings. The van der Waals surface area contributed by atoms with E-state index in [0.717, 1.165) is 30.8 Å². The zero-order chi connectivity index (χ0) is 22.8. The maximum Gasteiger partial charge on any atom is 0.251 e. The minimum Gasteiger partial charge on any atom is -0.497 e. The van der Waals surface area contributed by atoms with Crippen molar-refractivity contribution in [1.82, 2.24) is 16.0 Å². The predicted octanol–water partition coefficient (Wildman–Crippen LogP) is 2.93. The Morgan fingerprint density at radius 3 is 2.52 bits per heavy atom. The van der Waals surface area contributed by atoms with Gasteiger partial charge in [-0.1, -0.05) is 18.2 Å². The Bertz CT molecular complexity index is 949. The van der Waals surface area contributed by atoms with Gasteiger partial charge < -0.3 is 25.6 Å². The summed E-state index contributed by atoms with van der Waals surface area (Å²) in [6.45, 7) is 5.04. The fraction of sp³-hybridized carbons (Fsp3) is 0.375. The number of benzene rings is 2. The molecule has 9 heteroatoms. The molecule has 3 N–H and O–H groups in total. The molecule has 3 rings (SSSR count). The van der Waals surface area contributed by atoms with Crippen molar-refractivity contribution in [2.24, 2.45) is 4.99 Å². The molecule has 2 aromatic rings. The lowest BCUT2D eigenvalue weighted by Crippen LogP contribution is -2.41. The number of methoxy groups -OCH3 is 1. The lowest BCUT2D eigenvalue weighted by molar-refractivity contribution is -0.117. The maximum atomic E-state index is 12.3. The summed E-state index contributed by atoms with van der Waals surface area (Å²) in [6, 6.07) is 15.0. The van der Waals surface area contributed by atoms with Crippen LogP contribution in [0, 0.1) is 0 Å². The molecule has 2 aromatic carbocycles. The first-order valence-corrected chi connectivity index (χ1v) is 10.9. The van der Waals surface area contributed by atoms with Gasteiger partial charge in [-0.05, 0) is 49.2 Å². The molecule has 0 atom stereocenters. The van der Waals surface area contributed by atoms with E-state index in [9.17, 15) is 9.59 Å². The number of carbonyl (C=O) groups excluding carboxylic acids is 2. The van der Waals surface area contributed by atoms with Gasteiger partial charge in [0.15, 0.2) is 5.96 Å². The van der Waals surface area contributed by atoms with Crippen LogP contribution in [-0.2, 0) is 11.3 Å². The van der Waals surface area contributed by atoms with Crippen molar-refractivity contribution in [3.63, 3.8) is 0 Å². The second-order valence-corrected chi connectivity index (χ2v) is 7.43. The van der Waals surface area contributed by atoms with Crippen LogP contribution in [-0.4, -0.2) is 51.1 Å². The third kappa shape index (κ3) is 7.92. The Kier molecular flexibility index (Phi) is 10.9. The predicted molar refractivity (Wildman–Crippen MR) is 142 cm³/mol. The van der Waals surface area contributed by atoms with Gasteiger partial charge in [-0.2, -0.15) is 0 Å². The SMILES string of the molecule is CCNC(=NCc1ccc(N2CCCC2=O)cc1)NCCNC(=O)c1cccc(OC)c1.I. The molecule has 1 aliphatic heterocycles. The highest BCUT2D eigenvalue weighted by Gasteiger charge is 2.21. The van der Waals surface area contributed by atoms with E-state index in [-0.39, 0.29) is 35.8 Å². The van der Waals surface area contributed by atoms with E-state index in [1.807, 2.05) is 36.1 Å². The Hall–Kier alpha value is -2.82. The molecule has 1 saturated heterocycles. The standard InChI is InChI=1S/C24H31N5O3.HI/c1-3-25-24(27-14-13-26-23(31)19-6-4-7-21(16-19)32-2)28-17-18-9-11-20(12-10-18)29-15-5-8-22(29)30;/h4,6-7,9-12,16H,3,5,8,13-15,17H2,1-2H3,(H,26,31)(H2,25,27,28);1H. The summed E-state index contributed by atoms with van der Waals surface area (Å²) in [4.78, 5) is 30.6. The average Bonchev–Trinajstić information content (AvgIpc) is 3.26. The lowest BCUT2D eigenvalue weighted by Gasteiger charge is -2.16. The maximum absolute atomic E-state index is 12.3. The third-order valence-corrected chi connectivity index (χ3v) is 5.12. The van der Waals surface area contributed by atoms with Crippen molar-refractivity contribution >= 4 is 47.4 Å². The number of anilines is 1. The van der Waals surface area contributed by atoms with Crippen LogP contribution in [0.3, 0.4) is 0 Å². The summed E-state index contributed by atoms with van der Waals surface area (Å²) in [7, 11) is 1.57. The Morgan fingerprint density at radius 2 is 1.85 bits per heavy atom. The minimum atomic E-state index is -0.149. The molecule has 0 aromatic heterocycles. The summed E-state index contributed by atoms with van der Waals surface area (Å²) >= 11 is 0. The molecule has 0 radical (unpaired) electrons. The van der Waals surface area contributed by atoms with Crippen LogP contribution in [0.5, 0.6) is 5.75 Å². The first kappa shape index (κ1) is 26.4. The monoisotopic (exact) mass is 565 g/mol. The van der Waals surface area contributed by atoms with Crippen LogP contribution in [0.2, 0.25) is 0 Å². The Labute approximate surface area is 212 Å². The fourth-order valence-electron chi connectivity index (χ4n) is 3.44. The summed E-state index contributed by atoms with van der Waals surface area (Å²) < 4.78 is 5.16. The van der Waals surface area contributed by atoms with Crippen LogP contribution in [0.4, 0.5) is 5.69 Å². The number of halogens is 1. The number of hydrogen-bond acceptors (Lipinski definition) is 4. The number of nitrogens with one attached hydrogen (secondary N) is 3. The number of hydrogen-bond donors (Lipinski definition) is 3. The topological polar surface area (TPSA) is 95.1 Å². The van der Waals surface area contributed by atoms with E-state index in [4.69, 9.17) is 4.74 Å². The highest BCUT2D eigenvalue weighted by molar-refractivity contribution is 14.0. The van der Waals surface area contributed by atoms with Gasteiger partial charge in [-0.25, -0.2) is 4.99 Å². The van der Waals surface area contributed by atoms with E-state index in [0.29, 0.717) is 43.3 Å². The molecule has 8 nitrogen and oxygen atoms in total. The highest BCUT2D eigenvalue weighted by atomic mass is 127. The van der Waals surface area contributed by atoms with Crippen molar-refractivity contribution in [2.75, 3.05) is 38.2 Å². The molecule has 0 unspecified atom stereocenters. The molecular formula is C24H32IN5O3. The number of guanidine groups is 1. The zero-order valence-corrected chi connectivity index (χ0v) is 21.4. The van der Waals surface area contributed by atoms with Crippen molar-refractivity contribution in [1.29, 1.82) is 0 Å². The summed E-state index contributed by atoms with van der Waals surface area (Å²) in [5.41, 5.74) is 2.56. The first-order valence-electron chi connectivity index (χ1n) is 10.9. The number of carbonyl (C=O) groups is 2. The number of amides is 2. The van der Waals surface area contributed by atoms with Gasteiger partial charge in [0.05, 0.1) is 13.7 Å².